The highest BCUT2D eigenvalue weighted by molar-refractivity contribution is 6.17. The summed E-state index contributed by atoms with van der Waals surface area (Å²) in [6.07, 6.45) is 6.04. The highest BCUT2D eigenvalue weighted by Crippen LogP contribution is 2.06. The number of halogens is 1. The lowest BCUT2D eigenvalue weighted by Gasteiger charge is -1.99. The van der Waals surface area contributed by atoms with Gasteiger partial charge in [-0.25, -0.2) is 0 Å². The van der Waals surface area contributed by atoms with Crippen LogP contribution in [-0.4, -0.2) is 24.7 Å². The molecule has 102 valence electrons. The summed E-state index contributed by atoms with van der Waals surface area (Å²) in [7, 11) is 1.39. The minimum Gasteiger partial charge on any atom is -0.469 e. The Labute approximate surface area is 114 Å². The van der Waals surface area contributed by atoms with Crippen LogP contribution in [0.5, 0.6) is 0 Å². The molecule has 0 fully saturated rings. The number of Topliss-reactive ketones (excluding diaryl/α,β-unsaturated/α-hetero) is 1. The predicted octanol–water partition coefficient (Wildman–Crippen LogP) is 3.09. The van der Waals surface area contributed by atoms with Crippen LogP contribution in [0.15, 0.2) is 0 Å². The van der Waals surface area contributed by atoms with Crippen LogP contribution in [-0.2, 0) is 14.3 Å². The Bertz CT molecular complexity index is 302. The molecular formula is C14H21ClO3. The van der Waals surface area contributed by atoms with E-state index in [9.17, 15) is 9.59 Å². The van der Waals surface area contributed by atoms with Gasteiger partial charge in [-0.05, 0) is 25.2 Å². The van der Waals surface area contributed by atoms with Crippen LogP contribution in [0.1, 0.15) is 51.4 Å². The monoisotopic (exact) mass is 272 g/mol. The summed E-state index contributed by atoms with van der Waals surface area (Å²) < 4.78 is 4.54. The number of unbranched alkanes of at least 4 members (excludes halogenated alkanes) is 4. The van der Waals surface area contributed by atoms with Gasteiger partial charge >= 0.3 is 5.97 Å². The van der Waals surface area contributed by atoms with Crippen LogP contribution >= 0.6 is 11.6 Å². The third-order valence-corrected chi connectivity index (χ3v) is 2.69. The first-order chi connectivity index (χ1) is 8.70. The van der Waals surface area contributed by atoms with Crippen molar-refractivity contribution < 1.29 is 14.3 Å². The lowest BCUT2D eigenvalue weighted by Crippen LogP contribution is -1.99. The standard InChI is InChI=1S/C14H21ClO3/c1-18-14(17)11-7-3-2-5-9-13(16)10-6-4-8-12-15/h2-5,7-9,11-12H2,1H3. The third-order valence-electron chi connectivity index (χ3n) is 2.43. The molecule has 0 aromatic carbocycles. The minimum atomic E-state index is -0.170. The fraction of sp³-hybridized carbons (Fsp3) is 0.714. The molecule has 0 aliphatic carbocycles. The van der Waals surface area contributed by atoms with E-state index in [1.165, 1.54) is 7.11 Å². The van der Waals surface area contributed by atoms with E-state index in [0.29, 0.717) is 25.1 Å². The van der Waals surface area contributed by atoms with Gasteiger partial charge in [-0.3, -0.25) is 9.59 Å². The van der Waals surface area contributed by atoms with Crippen molar-refractivity contribution in [1.82, 2.24) is 0 Å². The van der Waals surface area contributed by atoms with Gasteiger partial charge in [0.2, 0.25) is 5.78 Å². The zero-order chi connectivity index (χ0) is 13.6. The van der Waals surface area contributed by atoms with Gasteiger partial charge in [-0.1, -0.05) is 18.8 Å². The number of alkyl halides is 1. The molecule has 0 heterocycles. The summed E-state index contributed by atoms with van der Waals surface area (Å²) >= 11 is 5.50. The van der Waals surface area contributed by atoms with Crippen LogP contribution in [0.25, 0.3) is 0 Å². The molecule has 0 bridgehead atoms. The molecule has 0 N–H and O–H groups in total. The van der Waals surface area contributed by atoms with Crippen molar-refractivity contribution in [2.45, 2.75) is 51.4 Å². The fourth-order valence-electron chi connectivity index (χ4n) is 1.39. The first kappa shape index (κ1) is 17.0. The van der Waals surface area contributed by atoms with Crippen molar-refractivity contribution in [1.29, 1.82) is 0 Å². The normalized spacial score (nSPS) is 9.44. The molecule has 0 aromatic heterocycles. The second-order valence-electron chi connectivity index (χ2n) is 4.01. The Morgan fingerprint density at radius 1 is 1.06 bits per heavy atom. The van der Waals surface area contributed by atoms with Gasteiger partial charge in [0, 0.05) is 25.1 Å². The van der Waals surface area contributed by atoms with Gasteiger partial charge in [-0.2, -0.15) is 0 Å². The first-order valence-corrected chi connectivity index (χ1v) is 6.88. The zero-order valence-electron chi connectivity index (χ0n) is 11.0. The quantitative estimate of drug-likeness (QED) is 0.213. The summed E-state index contributed by atoms with van der Waals surface area (Å²) in [6.45, 7) is 0. The molecule has 18 heavy (non-hydrogen) atoms. The maximum Gasteiger partial charge on any atom is 0.305 e. The summed E-state index contributed by atoms with van der Waals surface area (Å²) in [5.41, 5.74) is 0. The van der Waals surface area contributed by atoms with E-state index in [1.807, 2.05) is 0 Å². The second kappa shape index (κ2) is 12.4. The average Bonchev–Trinajstić information content (AvgIpc) is 2.38. The number of rotatable bonds is 9. The van der Waals surface area contributed by atoms with Crippen LogP contribution < -0.4 is 0 Å². The zero-order valence-corrected chi connectivity index (χ0v) is 11.7. The molecular weight excluding hydrogens is 252 g/mol. The number of methoxy groups -OCH3 is 1. The largest absolute Gasteiger partial charge is 0.469 e. The SMILES string of the molecule is COC(=O)CCCCCCC(=O)C#CCCCCl. The van der Waals surface area contributed by atoms with Gasteiger partial charge in [0.25, 0.3) is 0 Å². The molecule has 0 aliphatic rings. The Balaban J connectivity index is 3.39. The van der Waals surface area contributed by atoms with E-state index >= 15 is 0 Å². The number of ether oxygens (including phenoxy) is 1. The average molecular weight is 273 g/mol. The smallest absolute Gasteiger partial charge is 0.305 e. The topological polar surface area (TPSA) is 43.4 Å². The number of hydrogen-bond donors (Lipinski definition) is 0. The van der Waals surface area contributed by atoms with E-state index in [4.69, 9.17) is 11.6 Å². The highest BCUT2D eigenvalue weighted by Gasteiger charge is 2.00. The van der Waals surface area contributed by atoms with Gasteiger partial charge in [0.05, 0.1) is 7.11 Å². The lowest BCUT2D eigenvalue weighted by atomic mass is 10.1. The molecule has 3 nitrogen and oxygen atoms in total. The lowest BCUT2D eigenvalue weighted by molar-refractivity contribution is -0.140. The molecule has 4 heteroatoms. The number of carbonyl (C=O) groups excluding carboxylic acids is 2. The molecule has 0 saturated carbocycles. The molecule has 0 unspecified atom stereocenters. The molecule has 0 radical (unpaired) electrons. The fourth-order valence-corrected chi connectivity index (χ4v) is 1.52. The second-order valence-corrected chi connectivity index (χ2v) is 4.39. The van der Waals surface area contributed by atoms with E-state index in [2.05, 4.69) is 16.6 Å². The summed E-state index contributed by atoms with van der Waals surface area (Å²) in [5.74, 6) is 5.84. The molecule has 0 atom stereocenters. The number of ketones is 1. The predicted molar refractivity (Wildman–Crippen MR) is 72.5 cm³/mol. The summed E-state index contributed by atoms with van der Waals surface area (Å²) in [6, 6.07) is 0. The molecule has 0 saturated heterocycles. The molecule has 0 aromatic rings. The van der Waals surface area contributed by atoms with Gasteiger partial charge in [-0.15, -0.1) is 11.6 Å². The number of esters is 1. The van der Waals surface area contributed by atoms with Crippen molar-refractivity contribution in [2.75, 3.05) is 13.0 Å². The van der Waals surface area contributed by atoms with Crippen molar-refractivity contribution in [2.24, 2.45) is 0 Å². The van der Waals surface area contributed by atoms with Crippen molar-refractivity contribution in [3.8, 4) is 11.8 Å². The Morgan fingerprint density at radius 3 is 2.33 bits per heavy atom. The summed E-state index contributed by atoms with van der Waals surface area (Å²) in [5, 5.41) is 0. The maximum absolute atomic E-state index is 11.3. The van der Waals surface area contributed by atoms with Crippen molar-refractivity contribution in [3.63, 3.8) is 0 Å². The van der Waals surface area contributed by atoms with E-state index in [0.717, 1.165) is 32.1 Å². The van der Waals surface area contributed by atoms with Crippen molar-refractivity contribution >= 4 is 23.4 Å². The Kier molecular flexibility index (Phi) is 11.7. The number of hydrogen-bond acceptors (Lipinski definition) is 3. The maximum atomic E-state index is 11.3. The van der Waals surface area contributed by atoms with Crippen LogP contribution in [0.4, 0.5) is 0 Å². The van der Waals surface area contributed by atoms with Crippen molar-refractivity contribution in [3.05, 3.63) is 0 Å². The number of carbonyl (C=O) groups is 2. The molecule has 0 spiro atoms. The molecule has 0 rings (SSSR count). The first-order valence-electron chi connectivity index (χ1n) is 6.35. The minimum absolute atomic E-state index is 0.00228. The molecule has 0 aliphatic heterocycles. The van der Waals surface area contributed by atoms with Crippen LogP contribution in [0.3, 0.4) is 0 Å². The van der Waals surface area contributed by atoms with Crippen LogP contribution in [0, 0.1) is 11.8 Å². The van der Waals surface area contributed by atoms with Crippen LogP contribution in [0.2, 0.25) is 0 Å². The molecule has 0 amide bonds. The highest BCUT2D eigenvalue weighted by atomic mass is 35.5. The van der Waals surface area contributed by atoms with E-state index < -0.39 is 0 Å². The Morgan fingerprint density at radius 2 is 1.72 bits per heavy atom. The van der Waals surface area contributed by atoms with Gasteiger partial charge < -0.3 is 4.74 Å². The third kappa shape index (κ3) is 11.5. The van der Waals surface area contributed by atoms with Gasteiger partial charge in [0.15, 0.2) is 0 Å². The van der Waals surface area contributed by atoms with E-state index in [1.54, 1.807) is 0 Å². The Hall–Kier alpha value is -1.01. The van der Waals surface area contributed by atoms with E-state index in [-0.39, 0.29) is 11.8 Å². The summed E-state index contributed by atoms with van der Waals surface area (Å²) in [4.78, 5) is 22.1. The van der Waals surface area contributed by atoms with Gasteiger partial charge in [0.1, 0.15) is 0 Å².